The Hall–Kier alpha value is -2.87. The molecule has 0 aliphatic heterocycles. The summed E-state index contributed by atoms with van der Waals surface area (Å²) in [7, 11) is 0. The van der Waals surface area contributed by atoms with Gasteiger partial charge in [0.25, 0.3) is 5.91 Å². The molecule has 5 nitrogen and oxygen atoms in total. The van der Waals surface area contributed by atoms with Crippen LogP contribution < -0.4 is 10.6 Å². The van der Waals surface area contributed by atoms with Gasteiger partial charge < -0.3 is 10.6 Å². The molecule has 0 saturated heterocycles. The first kappa shape index (κ1) is 16.0. The summed E-state index contributed by atoms with van der Waals surface area (Å²) >= 11 is 1.23. The molecule has 1 aromatic carbocycles. The molecular formula is C16H12F2N4OS. The van der Waals surface area contributed by atoms with E-state index in [1.54, 1.807) is 23.7 Å². The molecule has 0 unspecified atom stereocenters. The first-order chi connectivity index (χ1) is 11.6. The minimum Gasteiger partial charge on any atom is -0.346 e. The van der Waals surface area contributed by atoms with Crippen molar-refractivity contribution in [2.75, 3.05) is 5.32 Å². The highest BCUT2D eigenvalue weighted by Gasteiger charge is 2.14. The van der Waals surface area contributed by atoms with Gasteiger partial charge in [-0.2, -0.15) is 0 Å². The summed E-state index contributed by atoms with van der Waals surface area (Å²) in [6.45, 7) is -0.252. The molecule has 0 bridgehead atoms. The van der Waals surface area contributed by atoms with E-state index in [1.165, 1.54) is 17.4 Å². The van der Waals surface area contributed by atoms with Crippen LogP contribution in [0.15, 0.2) is 48.0 Å². The van der Waals surface area contributed by atoms with Gasteiger partial charge in [0, 0.05) is 23.7 Å². The van der Waals surface area contributed by atoms with Crippen LogP contribution in [0.25, 0.3) is 0 Å². The van der Waals surface area contributed by atoms with Crippen molar-refractivity contribution in [2.24, 2.45) is 0 Å². The van der Waals surface area contributed by atoms with Gasteiger partial charge in [0.15, 0.2) is 5.13 Å². The number of hydrogen-bond acceptors (Lipinski definition) is 5. The summed E-state index contributed by atoms with van der Waals surface area (Å²) in [5.74, 6) is -1.31. The predicted octanol–water partition coefficient (Wildman–Crippen LogP) is 3.49. The third kappa shape index (κ3) is 3.72. The van der Waals surface area contributed by atoms with Crippen molar-refractivity contribution < 1.29 is 13.6 Å². The average Bonchev–Trinajstić information content (AvgIpc) is 3.04. The Balaban J connectivity index is 1.64. The molecule has 0 atom stereocenters. The van der Waals surface area contributed by atoms with Gasteiger partial charge in [-0.1, -0.05) is 12.1 Å². The van der Waals surface area contributed by atoms with E-state index < -0.39 is 17.5 Å². The molecule has 3 rings (SSSR count). The largest absolute Gasteiger partial charge is 0.346 e. The number of carbonyl (C=O) groups is 1. The third-order valence-electron chi connectivity index (χ3n) is 3.12. The van der Waals surface area contributed by atoms with E-state index in [1.807, 2.05) is 6.07 Å². The van der Waals surface area contributed by atoms with Gasteiger partial charge in [-0.05, 0) is 24.3 Å². The van der Waals surface area contributed by atoms with Gasteiger partial charge in [0.1, 0.15) is 23.1 Å². The molecule has 3 aromatic rings. The summed E-state index contributed by atoms with van der Waals surface area (Å²) in [5, 5.41) is 7.47. The van der Waals surface area contributed by atoms with Gasteiger partial charge in [-0.3, -0.25) is 4.79 Å². The van der Waals surface area contributed by atoms with Crippen molar-refractivity contribution in [1.82, 2.24) is 15.3 Å². The fourth-order valence-corrected chi connectivity index (χ4v) is 2.64. The van der Waals surface area contributed by atoms with Crippen LogP contribution in [0.1, 0.15) is 16.1 Å². The van der Waals surface area contributed by atoms with Crippen molar-refractivity contribution in [1.29, 1.82) is 0 Å². The second kappa shape index (κ2) is 7.14. The van der Waals surface area contributed by atoms with E-state index in [0.717, 1.165) is 12.1 Å². The minimum atomic E-state index is -0.703. The molecule has 0 spiro atoms. The standard InChI is InChI=1S/C16H12F2N4OS/c17-11-4-3-5-12(18)10(11)8-20-15(23)13-9-24-16(21-13)22-14-6-1-2-7-19-14/h1-7,9H,8H2,(H,20,23)(H,19,21,22). The molecular weight excluding hydrogens is 334 g/mol. The molecule has 0 aliphatic carbocycles. The van der Waals surface area contributed by atoms with Gasteiger partial charge in [0.05, 0.1) is 0 Å². The zero-order chi connectivity index (χ0) is 16.9. The number of aromatic nitrogens is 2. The predicted molar refractivity (Wildman–Crippen MR) is 87.2 cm³/mol. The van der Waals surface area contributed by atoms with E-state index in [-0.39, 0.29) is 17.8 Å². The fraction of sp³-hybridized carbons (Fsp3) is 0.0625. The van der Waals surface area contributed by atoms with Crippen molar-refractivity contribution in [3.05, 3.63) is 70.9 Å². The summed E-state index contributed by atoms with van der Waals surface area (Å²) in [6.07, 6.45) is 1.63. The quantitative estimate of drug-likeness (QED) is 0.742. The molecule has 0 saturated carbocycles. The van der Waals surface area contributed by atoms with Crippen molar-refractivity contribution >= 4 is 28.2 Å². The second-order valence-corrected chi connectivity index (χ2v) is 5.62. The van der Waals surface area contributed by atoms with E-state index >= 15 is 0 Å². The molecule has 122 valence electrons. The smallest absolute Gasteiger partial charge is 0.271 e. The van der Waals surface area contributed by atoms with Crippen molar-refractivity contribution in [3.8, 4) is 0 Å². The number of benzene rings is 1. The van der Waals surface area contributed by atoms with Gasteiger partial charge in [-0.15, -0.1) is 11.3 Å². The van der Waals surface area contributed by atoms with E-state index in [0.29, 0.717) is 10.9 Å². The first-order valence-corrected chi connectivity index (χ1v) is 7.86. The maximum atomic E-state index is 13.5. The van der Waals surface area contributed by atoms with Crippen LogP contribution in [-0.2, 0) is 6.54 Å². The third-order valence-corrected chi connectivity index (χ3v) is 3.88. The zero-order valence-electron chi connectivity index (χ0n) is 12.3. The van der Waals surface area contributed by atoms with Gasteiger partial charge >= 0.3 is 0 Å². The Labute approximate surface area is 140 Å². The lowest BCUT2D eigenvalue weighted by molar-refractivity contribution is 0.0946. The number of anilines is 2. The number of amides is 1. The molecule has 1 amide bonds. The maximum Gasteiger partial charge on any atom is 0.271 e. The zero-order valence-corrected chi connectivity index (χ0v) is 13.1. The molecule has 2 aromatic heterocycles. The first-order valence-electron chi connectivity index (χ1n) is 6.98. The normalized spacial score (nSPS) is 10.4. The highest BCUT2D eigenvalue weighted by molar-refractivity contribution is 7.14. The Morgan fingerprint density at radius 1 is 1.12 bits per heavy atom. The van der Waals surface area contributed by atoms with Gasteiger partial charge in [0.2, 0.25) is 0 Å². The number of thiazole rings is 1. The minimum absolute atomic E-state index is 0.162. The Morgan fingerprint density at radius 3 is 2.62 bits per heavy atom. The van der Waals surface area contributed by atoms with Crippen LogP contribution >= 0.6 is 11.3 Å². The number of hydrogen-bond donors (Lipinski definition) is 2. The summed E-state index contributed by atoms with van der Waals surface area (Å²) in [4.78, 5) is 20.3. The number of carbonyl (C=O) groups excluding carboxylic acids is 1. The highest BCUT2D eigenvalue weighted by Crippen LogP contribution is 2.19. The summed E-state index contributed by atoms with van der Waals surface area (Å²) in [6, 6.07) is 8.92. The second-order valence-electron chi connectivity index (χ2n) is 4.76. The molecule has 24 heavy (non-hydrogen) atoms. The van der Waals surface area contributed by atoms with Crippen LogP contribution in [0.5, 0.6) is 0 Å². The summed E-state index contributed by atoms with van der Waals surface area (Å²) in [5.41, 5.74) is -0.0249. The molecule has 0 aliphatic rings. The fourth-order valence-electron chi connectivity index (χ4n) is 1.94. The van der Waals surface area contributed by atoms with E-state index in [2.05, 4.69) is 20.6 Å². The van der Waals surface area contributed by atoms with E-state index in [4.69, 9.17) is 0 Å². The highest BCUT2D eigenvalue weighted by atomic mass is 32.1. The van der Waals surface area contributed by atoms with Crippen LogP contribution in [0.2, 0.25) is 0 Å². The Morgan fingerprint density at radius 2 is 1.92 bits per heavy atom. The molecule has 0 fully saturated rings. The monoisotopic (exact) mass is 346 g/mol. The lowest BCUT2D eigenvalue weighted by atomic mass is 10.2. The van der Waals surface area contributed by atoms with Gasteiger partial charge in [-0.25, -0.2) is 18.7 Å². The summed E-state index contributed by atoms with van der Waals surface area (Å²) < 4.78 is 27.1. The maximum absolute atomic E-state index is 13.5. The number of nitrogens with one attached hydrogen (secondary N) is 2. The topological polar surface area (TPSA) is 66.9 Å². The Kier molecular flexibility index (Phi) is 4.76. The van der Waals surface area contributed by atoms with E-state index in [9.17, 15) is 13.6 Å². The SMILES string of the molecule is O=C(NCc1c(F)cccc1F)c1csc(Nc2ccccn2)n1. The Bertz CT molecular complexity index is 834. The number of rotatable bonds is 5. The van der Waals surface area contributed by atoms with Crippen LogP contribution in [0.4, 0.5) is 19.7 Å². The number of halogens is 2. The lowest BCUT2D eigenvalue weighted by Gasteiger charge is -2.06. The van der Waals surface area contributed by atoms with Crippen LogP contribution in [0.3, 0.4) is 0 Å². The van der Waals surface area contributed by atoms with Crippen LogP contribution in [0, 0.1) is 11.6 Å². The number of nitrogens with zero attached hydrogens (tertiary/aromatic N) is 2. The average molecular weight is 346 g/mol. The molecule has 0 radical (unpaired) electrons. The van der Waals surface area contributed by atoms with Crippen molar-refractivity contribution in [2.45, 2.75) is 6.54 Å². The molecule has 2 heterocycles. The van der Waals surface area contributed by atoms with Crippen molar-refractivity contribution in [3.63, 3.8) is 0 Å². The molecule has 2 N–H and O–H groups in total. The number of pyridine rings is 1. The lowest BCUT2D eigenvalue weighted by Crippen LogP contribution is -2.24. The molecule has 8 heteroatoms. The van der Waals surface area contributed by atoms with Crippen LogP contribution in [-0.4, -0.2) is 15.9 Å².